The normalized spacial score (nSPS) is 10.5. The van der Waals surface area contributed by atoms with Crippen LogP contribution in [0.5, 0.6) is 0 Å². The van der Waals surface area contributed by atoms with Gasteiger partial charge in [0.1, 0.15) is 0 Å². The molecule has 0 spiro atoms. The average Bonchev–Trinajstić information content (AvgIpc) is 2.28. The van der Waals surface area contributed by atoms with Gasteiger partial charge in [0.05, 0.1) is 0 Å². The fourth-order valence-electron chi connectivity index (χ4n) is 1.90. The summed E-state index contributed by atoms with van der Waals surface area (Å²) < 4.78 is 1.12. The van der Waals surface area contributed by atoms with Gasteiger partial charge in [-0.25, -0.2) is 0 Å². The second kappa shape index (κ2) is 4.42. The second-order valence-electron chi connectivity index (χ2n) is 4.19. The molecule has 2 rings (SSSR count). The maximum atomic E-state index is 3.46. The molecule has 0 N–H and O–H groups in total. The van der Waals surface area contributed by atoms with Crippen molar-refractivity contribution in [2.24, 2.45) is 0 Å². The molecule has 1 heteroatoms. The Hall–Kier alpha value is -1.08. The number of benzene rings is 2. The van der Waals surface area contributed by atoms with E-state index >= 15 is 0 Å². The van der Waals surface area contributed by atoms with Crippen LogP contribution in [-0.2, 0) is 0 Å². The van der Waals surface area contributed by atoms with E-state index in [4.69, 9.17) is 0 Å². The Morgan fingerprint density at radius 2 is 1.38 bits per heavy atom. The summed E-state index contributed by atoms with van der Waals surface area (Å²) in [5.41, 5.74) is 6.74. The molecule has 0 bridgehead atoms. The monoisotopic (exact) mass is 274 g/mol. The molecule has 82 valence electrons. The van der Waals surface area contributed by atoms with Crippen molar-refractivity contribution in [1.29, 1.82) is 0 Å². The van der Waals surface area contributed by atoms with E-state index in [2.05, 4.69) is 73.1 Å². The highest BCUT2D eigenvalue weighted by Gasteiger charge is 2.05. The van der Waals surface area contributed by atoms with Crippen molar-refractivity contribution in [3.8, 4) is 11.1 Å². The van der Waals surface area contributed by atoms with Gasteiger partial charge >= 0.3 is 0 Å². The minimum absolute atomic E-state index is 1.12. The standard InChI is InChI=1S/C15H15Br/c1-10-4-9-15(12(3)11(10)2)13-5-7-14(16)8-6-13/h4-9H,1-3H3. The molecule has 0 aliphatic heterocycles. The van der Waals surface area contributed by atoms with Gasteiger partial charge in [0.15, 0.2) is 0 Å². The quantitative estimate of drug-likeness (QED) is 0.683. The van der Waals surface area contributed by atoms with Crippen LogP contribution in [0.1, 0.15) is 16.7 Å². The van der Waals surface area contributed by atoms with Gasteiger partial charge in [0.25, 0.3) is 0 Å². The minimum atomic E-state index is 1.12. The van der Waals surface area contributed by atoms with Gasteiger partial charge in [-0.15, -0.1) is 0 Å². The number of aryl methyl sites for hydroxylation is 1. The summed E-state index contributed by atoms with van der Waals surface area (Å²) in [7, 11) is 0. The third-order valence-electron chi connectivity index (χ3n) is 3.21. The molecule has 0 aliphatic rings. The lowest BCUT2D eigenvalue weighted by Crippen LogP contribution is -1.90. The molecule has 0 aromatic heterocycles. The fourth-order valence-corrected chi connectivity index (χ4v) is 2.16. The molecule has 16 heavy (non-hydrogen) atoms. The number of rotatable bonds is 1. The number of hydrogen-bond acceptors (Lipinski definition) is 0. The van der Waals surface area contributed by atoms with Crippen LogP contribution in [0.3, 0.4) is 0 Å². The number of halogens is 1. The van der Waals surface area contributed by atoms with Crippen LogP contribution >= 0.6 is 15.9 Å². The van der Waals surface area contributed by atoms with E-state index in [-0.39, 0.29) is 0 Å². The topological polar surface area (TPSA) is 0 Å². The first-order chi connectivity index (χ1) is 7.59. The van der Waals surface area contributed by atoms with Crippen LogP contribution in [0.4, 0.5) is 0 Å². The van der Waals surface area contributed by atoms with Crippen LogP contribution in [0.25, 0.3) is 11.1 Å². The highest BCUT2D eigenvalue weighted by Crippen LogP contribution is 2.28. The zero-order chi connectivity index (χ0) is 11.7. The van der Waals surface area contributed by atoms with Gasteiger partial charge in [-0.05, 0) is 60.7 Å². The van der Waals surface area contributed by atoms with Crippen molar-refractivity contribution < 1.29 is 0 Å². The third kappa shape index (κ3) is 2.05. The molecule has 2 aromatic carbocycles. The van der Waals surface area contributed by atoms with Crippen LogP contribution in [0.15, 0.2) is 40.9 Å². The Labute approximate surface area is 105 Å². The summed E-state index contributed by atoms with van der Waals surface area (Å²) in [6.07, 6.45) is 0. The van der Waals surface area contributed by atoms with Crippen molar-refractivity contribution in [3.63, 3.8) is 0 Å². The first-order valence-corrected chi connectivity index (χ1v) is 6.21. The highest BCUT2D eigenvalue weighted by atomic mass is 79.9. The van der Waals surface area contributed by atoms with Crippen molar-refractivity contribution in [1.82, 2.24) is 0 Å². The summed E-state index contributed by atoms with van der Waals surface area (Å²) in [6.45, 7) is 6.54. The lowest BCUT2D eigenvalue weighted by molar-refractivity contribution is 1.27. The lowest BCUT2D eigenvalue weighted by Gasteiger charge is -2.11. The van der Waals surface area contributed by atoms with E-state index < -0.39 is 0 Å². The molecular formula is C15H15Br. The molecule has 0 amide bonds. The third-order valence-corrected chi connectivity index (χ3v) is 3.74. The van der Waals surface area contributed by atoms with E-state index in [1.807, 2.05) is 0 Å². The van der Waals surface area contributed by atoms with Gasteiger partial charge in [-0.3, -0.25) is 0 Å². The van der Waals surface area contributed by atoms with Crippen molar-refractivity contribution in [2.75, 3.05) is 0 Å². The summed E-state index contributed by atoms with van der Waals surface area (Å²) in [5, 5.41) is 0. The summed E-state index contributed by atoms with van der Waals surface area (Å²) in [4.78, 5) is 0. The fraction of sp³-hybridized carbons (Fsp3) is 0.200. The van der Waals surface area contributed by atoms with E-state index in [0.29, 0.717) is 0 Å². The van der Waals surface area contributed by atoms with Gasteiger partial charge in [-0.2, -0.15) is 0 Å². The molecule has 0 atom stereocenters. The SMILES string of the molecule is Cc1ccc(-c2ccc(Br)cc2)c(C)c1C. The van der Waals surface area contributed by atoms with Gasteiger partial charge < -0.3 is 0 Å². The molecule has 0 fully saturated rings. The largest absolute Gasteiger partial charge is 0.0584 e. The molecule has 0 heterocycles. The Balaban J connectivity index is 2.57. The zero-order valence-corrected chi connectivity index (χ0v) is 11.4. The van der Waals surface area contributed by atoms with E-state index in [9.17, 15) is 0 Å². The van der Waals surface area contributed by atoms with Crippen LogP contribution in [0.2, 0.25) is 0 Å². The Bertz CT molecular complexity index is 510. The van der Waals surface area contributed by atoms with Crippen LogP contribution in [-0.4, -0.2) is 0 Å². The predicted octanol–water partition coefficient (Wildman–Crippen LogP) is 5.04. The summed E-state index contributed by atoms with van der Waals surface area (Å²) >= 11 is 3.46. The zero-order valence-electron chi connectivity index (χ0n) is 9.84. The van der Waals surface area contributed by atoms with Crippen LogP contribution < -0.4 is 0 Å². The van der Waals surface area contributed by atoms with Crippen molar-refractivity contribution in [2.45, 2.75) is 20.8 Å². The Morgan fingerprint density at radius 3 is 2.00 bits per heavy atom. The van der Waals surface area contributed by atoms with Crippen LogP contribution in [0, 0.1) is 20.8 Å². The lowest BCUT2D eigenvalue weighted by atomic mass is 9.94. The minimum Gasteiger partial charge on any atom is -0.0584 e. The maximum Gasteiger partial charge on any atom is 0.0175 e. The van der Waals surface area contributed by atoms with E-state index in [1.54, 1.807) is 0 Å². The van der Waals surface area contributed by atoms with Gasteiger partial charge in [-0.1, -0.05) is 40.2 Å². The molecule has 0 nitrogen and oxygen atoms in total. The van der Waals surface area contributed by atoms with E-state index in [0.717, 1.165) is 4.47 Å². The average molecular weight is 275 g/mol. The van der Waals surface area contributed by atoms with Gasteiger partial charge in [0, 0.05) is 4.47 Å². The molecule has 2 aromatic rings. The molecule has 0 aliphatic carbocycles. The number of hydrogen-bond donors (Lipinski definition) is 0. The smallest absolute Gasteiger partial charge is 0.0175 e. The first-order valence-electron chi connectivity index (χ1n) is 5.42. The molecule has 0 saturated heterocycles. The van der Waals surface area contributed by atoms with E-state index in [1.165, 1.54) is 27.8 Å². The predicted molar refractivity (Wildman–Crippen MR) is 73.8 cm³/mol. The van der Waals surface area contributed by atoms with Crippen molar-refractivity contribution in [3.05, 3.63) is 57.6 Å². The van der Waals surface area contributed by atoms with Crippen molar-refractivity contribution >= 4 is 15.9 Å². The summed E-state index contributed by atoms with van der Waals surface area (Å²) in [6, 6.07) is 12.9. The van der Waals surface area contributed by atoms with Gasteiger partial charge in [0.2, 0.25) is 0 Å². The Kier molecular flexibility index (Phi) is 3.15. The summed E-state index contributed by atoms with van der Waals surface area (Å²) in [5.74, 6) is 0. The molecule has 0 unspecified atom stereocenters. The maximum absolute atomic E-state index is 3.46. The molecule has 0 saturated carbocycles. The highest BCUT2D eigenvalue weighted by molar-refractivity contribution is 9.10. The second-order valence-corrected chi connectivity index (χ2v) is 5.10. The first kappa shape index (κ1) is 11.4. The Morgan fingerprint density at radius 1 is 0.750 bits per heavy atom. The molecule has 0 radical (unpaired) electrons. The molecular weight excluding hydrogens is 260 g/mol.